The largest absolute Gasteiger partial charge is 0.491 e. The van der Waals surface area contributed by atoms with Crippen molar-refractivity contribution in [3.8, 4) is 5.75 Å². The number of rotatable bonds is 11. The Morgan fingerprint density at radius 3 is 2.34 bits per heavy atom. The summed E-state index contributed by atoms with van der Waals surface area (Å²) in [6, 6.07) is 4.61. The third-order valence-corrected chi connectivity index (χ3v) is 3.66. The molecule has 0 unspecified atom stereocenters. The zero-order valence-corrected chi connectivity index (χ0v) is 16.7. The number of hydrogen-bond donors (Lipinski definition) is 0. The molecule has 0 N–H and O–H groups in total. The van der Waals surface area contributed by atoms with Gasteiger partial charge in [0.1, 0.15) is 6.61 Å². The van der Waals surface area contributed by atoms with Crippen molar-refractivity contribution in [2.45, 2.75) is 13.8 Å². The number of halogens is 3. The van der Waals surface area contributed by atoms with E-state index in [9.17, 15) is 13.2 Å². The van der Waals surface area contributed by atoms with Crippen LogP contribution >= 0.6 is 0 Å². The van der Waals surface area contributed by atoms with Crippen molar-refractivity contribution in [2.24, 2.45) is 0 Å². The molecule has 0 saturated carbocycles. The van der Waals surface area contributed by atoms with Crippen LogP contribution in [0, 0.1) is 5.82 Å². The minimum absolute atomic E-state index is 0.00394. The summed E-state index contributed by atoms with van der Waals surface area (Å²) in [6.07, 6.45) is 6.49. The Hall–Kier alpha value is -3.21. The first-order valence-corrected chi connectivity index (χ1v) is 8.88. The van der Waals surface area contributed by atoms with Gasteiger partial charge in [-0.1, -0.05) is 56.7 Å². The molecule has 0 saturated heterocycles. The first kappa shape index (κ1) is 23.8. The SMILES string of the molecule is C=C(/C=C\C(=C)C(=C)/C(F)=C(/F)C(=C)OCC)COc1ccc(/C=C/C)cc1F. The van der Waals surface area contributed by atoms with Crippen LogP contribution in [0.5, 0.6) is 5.75 Å². The van der Waals surface area contributed by atoms with Crippen molar-refractivity contribution in [1.82, 2.24) is 0 Å². The van der Waals surface area contributed by atoms with Gasteiger partial charge in [-0.05, 0) is 42.7 Å². The maximum Gasteiger partial charge on any atom is 0.200 e. The second-order valence-corrected chi connectivity index (χ2v) is 5.96. The van der Waals surface area contributed by atoms with Crippen LogP contribution in [0.1, 0.15) is 19.4 Å². The molecule has 154 valence electrons. The predicted octanol–water partition coefficient (Wildman–Crippen LogP) is 7.16. The van der Waals surface area contributed by atoms with Gasteiger partial charge in [0.25, 0.3) is 0 Å². The maximum atomic E-state index is 14.1. The van der Waals surface area contributed by atoms with Crippen molar-refractivity contribution in [2.75, 3.05) is 13.2 Å². The minimum atomic E-state index is -1.23. The lowest BCUT2D eigenvalue weighted by Gasteiger charge is -2.09. The lowest BCUT2D eigenvalue weighted by molar-refractivity contribution is 0.224. The maximum absolute atomic E-state index is 14.1. The van der Waals surface area contributed by atoms with Gasteiger partial charge in [0.15, 0.2) is 23.2 Å². The summed E-state index contributed by atoms with van der Waals surface area (Å²) in [4.78, 5) is 0. The Bertz CT molecular complexity index is 889. The molecule has 0 heterocycles. The molecule has 1 aromatic carbocycles. The van der Waals surface area contributed by atoms with Gasteiger partial charge in [-0.3, -0.25) is 0 Å². The number of benzene rings is 1. The summed E-state index contributed by atoms with van der Waals surface area (Å²) in [5, 5.41) is 0. The van der Waals surface area contributed by atoms with Crippen LogP contribution in [-0.2, 0) is 4.74 Å². The summed E-state index contributed by atoms with van der Waals surface area (Å²) in [7, 11) is 0. The monoisotopic (exact) mass is 402 g/mol. The second-order valence-electron chi connectivity index (χ2n) is 5.96. The summed E-state index contributed by atoms with van der Waals surface area (Å²) < 4.78 is 52.2. The Balaban J connectivity index is 2.70. The normalized spacial score (nSPS) is 12.0. The highest BCUT2D eigenvalue weighted by Crippen LogP contribution is 2.27. The third-order valence-electron chi connectivity index (χ3n) is 3.66. The van der Waals surface area contributed by atoms with Crippen molar-refractivity contribution < 1.29 is 22.6 Å². The van der Waals surface area contributed by atoms with Crippen molar-refractivity contribution in [3.63, 3.8) is 0 Å². The zero-order valence-electron chi connectivity index (χ0n) is 16.7. The van der Waals surface area contributed by atoms with Crippen LogP contribution in [0.2, 0.25) is 0 Å². The van der Waals surface area contributed by atoms with E-state index < -0.39 is 23.2 Å². The Labute approximate surface area is 170 Å². The second kappa shape index (κ2) is 11.6. The molecule has 0 aliphatic heterocycles. The summed E-state index contributed by atoms with van der Waals surface area (Å²) >= 11 is 0. The van der Waals surface area contributed by atoms with Gasteiger partial charge in [0.2, 0.25) is 5.83 Å². The zero-order chi connectivity index (χ0) is 22.0. The van der Waals surface area contributed by atoms with E-state index in [0.29, 0.717) is 5.57 Å². The summed E-state index contributed by atoms with van der Waals surface area (Å²) in [5.41, 5.74) is 1.07. The fraction of sp³-hybridized carbons (Fsp3) is 0.167. The van der Waals surface area contributed by atoms with Crippen LogP contribution in [0.25, 0.3) is 6.08 Å². The molecule has 5 heteroatoms. The first-order valence-electron chi connectivity index (χ1n) is 8.88. The topological polar surface area (TPSA) is 18.5 Å². The summed E-state index contributed by atoms with van der Waals surface area (Å²) in [5.74, 6) is -3.26. The van der Waals surface area contributed by atoms with Crippen LogP contribution < -0.4 is 4.74 Å². The van der Waals surface area contributed by atoms with Crippen molar-refractivity contribution in [3.05, 3.63) is 108 Å². The van der Waals surface area contributed by atoms with E-state index in [-0.39, 0.29) is 30.1 Å². The van der Waals surface area contributed by atoms with Gasteiger partial charge >= 0.3 is 0 Å². The molecule has 0 fully saturated rings. The Morgan fingerprint density at radius 2 is 1.76 bits per heavy atom. The van der Waals surface area contributed by atoms with Gasteiger partial charge in [-0.15, -0.1) is 0 Å². The van der Waals surface area contributed by atoms with Crippen LogP contribution in [0.15, 0.2) is 96.9 Å². The molecule has 29 heavy (non-hydrogen) atoms. The molecule has 0 atom stereocenters. The average molecular weight is 402 g/mol. The standard InChI is InChI=1S/C24H25F3O2/c1-7-9-20-12-13-22(21(25)14-20)29-15-16(3)10-11-17(4)18(5)23(26)24(27)19(6)28-8-2/h7,9-14H,3-6,8,15H2,1-2H3/b9-7+,11-10-,24-23-. The van der Waals surface area contributed by atoms with Gasteiger partial charge in [-0.25, -0.2) is 8.78 Å². The summed E-state index contributed by atoms with van der Waals surface area (Å²) in [6.45, 7) is 17.9. The van der Waals surface area contributed by atoms with Crippen LogP contribution in [0.3, 0.4) is 0 Å². The average Bonchev–Trinajstić information content (AvgIpc) is 2.70. The highest BCUT2D eigenvalue weighted by Gasteiger charge is 2.15. The molecule has 1 aromatic rings. The molecule has 0 spiro atoms. The van der Waals surface area contributed by atoms with Gasteiger partial charge in [0, 0.05) is 5.57 Å². The molecular formula is C24H25F3O2. The molecule has 0 radical (unpaired) electrons. The van der Waals surface area contributed by atoms with Crippen LogP contribution in [-0.4, -0.2) is 13.2 Å². The van der Waals surface area contributed by atoms with E-state index in [4.69, 9.17) is 9.47 Å². The molecule has 0 aliphatic rings. The lowest BCUT2D eigenvalue weighted by atomic mass is 10.1. The quantitative estimate of drug-likeness (QED) is 0.289. The molecular weight excluding hydrogens is 377 g/mol. The molecule has 0 bridgehead atoms. The van der Waals surface area contributed by atoms with Crippen LogP contribution in [0.4, 0.5) is 13.2 Å². The van der Waals surface area contributed by atoms with E-state index in [1.165, 1.54) is 24.3 Å². The van der Waals surface area contributed by atoms with E-state index in [2.05, 4.69) is 26.3 Å². The number of ether oxygens (including phenoxy) is 2. The minimum Gasteiger partial charge on any atom is -0.491 e. The van der Waals surface area contributed by atoms with E-state index in [1.54, 1.807) is 25.1 Å². The van der Waals surface area contributed by atoms with E-state index in [0.717, 1.165) is 5.56 Å². The Kier molecular flexibility index (Phi) is 9.52. The molecule has 0 aromatic heterocycles. The lowest BCUT2D eigenvalue weighted by Crippen LogP contribution is -2.01. The molecule has 0 aliphatic carbocycles. The predicted molar refractivity (Wildman–Crippen MR) is 113 cm³/mol. The highest BCUT2D eigenvalue weighted by molar-refractivity contribution is 5.51. The van der Waals surface area contributed by atoms with Gasteiger partial charge in [0.05, 0.1) is 6.61 Å². The Morgan fingerprint density at radius 1 is 1.07 bits per heavy atom. The molecule has 2 nitrogen and oxygen atoms in total. The fourth-order valence-electron chi connectivity index (χ4n) is 2.10. The van der Waals surface area contributed by atoms with Crippen molar-refractivity contribution >= 4 is 6.08 Å². The number of hydrogen-bond acceptors (Lipinski definition) is 2. The first-order chi connectivity index (χ1) is 13.7. The third kappa shape index (κ3) is 7.37. The van der Waals surface area contributed by atoms with E-state index in [1.807, 2.05) is 6.92 Å². The molecule has 1 rings (SSSR count). The fourth-order valence-corrected chi connectivity index (χ4v) is 2.10. The highest BCUT2D eigenvalue weighted by atomic mass is 19.2. The molecule has 0 amide bonds. The van der Waals surface area contributed by atoms with E-state index >= 15 is 0 Å². The van der Waals surface area contributed by atoms with Gasteiger partial charge in [-0.2, -0.15) is 4.39 Å². The number of allylic oxidation sites excluding steroid dienone is 6. The van der Waals surface area contributed by atoms with Gasteiger partial charge < -0.3 is 9.47 Å². The van der Waals surface area contributed by atoms with Crippen molar-refractivity contribution in [1.29, 1.82) is 0 Å². The smallest absolute Gasteiger partial charge is 0.200 e.